The average Bonchev–Trinajstić information content (AvgIpc) is 3.43. The summed E-state index contributed by atoms with van der Waals surface area (Å²) in [7, 11) is 0. The molecule has 4 aromatic rings. The summed E-state index contributed by atoms with van der Waals surface area (Å²) in [4.78, 5) is 0. The van der Waals surface area contributed by atoms with E-state index in [4.69, 9.17) is 0 Å². The zero-order valence-electron chi connectivity index (χ0n) is 29.4. The highest BCUT2D eigenvalue weighted by Crippen LogP contribution is 2.24. The van der Waals surface area contributed by atoms with E-state index in [2.05, 4.69) is 120 Å². The lowest BCUT2D eigenvalue weighted by molar-refractivity contribution is -0.703. The zero-order chi connectivity index (χ0) is 32.1. The van der Waals surface area contributed by atoms with Gasteiger partial charge in [0.1, 0.15) is 17.6 Å². The van der Waals surface area contributed by atoms with Gasteiger partial charge in [-0.15, -0.1) is 0 Å². The first-order valence-corrected chi connectivity index (χ1v) is 19.0. The Bertz CT molecular complexity index is 1310. The fourth-order valence-electron chi connectivity index (χ4n) is 7.02. The van der Waals surface area contributed by atoms with Gasteiger partial charge in [-0.25, -0.2) is 4.57 Å². The topological polar surface area (TPSA) is 8.81 Å². The second-order valence-corrected chi connectivity index (χ2v) is 13.7. The zero-order valence-corrected chi connectivity index (χ0v) is 29.4. The summed E-state index contributed by atoms with van der Waals surface area (Å²) in [5, 5.41) is 0. The molecule has 1 atom stereocenters. The number of unbranched alkanes of at least 4 members (excludes halogenated alkanes) is 16. The van der Waals surface area contributed by atoms with E-state index >= 15 is 0 Å². The summed E-state index contributed by atoms with van der Waals surface area (Å²) >= 11 is 0. The van der Waals surface area contributed by atoms with Crippen molar-refractivity contribution in [3.8, 4) is 5.69 Å². The van der Waals surface area contributed by atoms with Crippen LogP contribution in [0.2, 0.25) is 0 Å². The summed E-state index contributed by atoms with van der Waals surface area (Å²) in [6, 6.07) is 33.0. The highest BCUT2D eigenvalue weighted by Gasteiger charge is 2.26. The predicted molar refractivity (Wildman–Crippen MR) is 198 cm³/mol. The molecule has 248 valence electrons. The van der Waals surface area contributed by atoms with Gasteiger partial charge in [0.25, 0.3) is 5.82 Å². The minimum atomic E-state index is 0.455. The first-order chi connectivity index (χ1) is 22.8. The molecule has 4 rings (SSSR count). The van der Waals surface area contributed by atoms with Crippen LogP contribution in [0.25, 0.3) is 5.69 Å². The number of para-hydroxylation sites is 1. The summed E-state index contributed by atoms with van der Waals surface area (Å²) in [5.41, 5.74) is 5.45. The molecule has 0 radical (unpaired) electrons. The van der Waals surface area contributed by atoms with E-state index in [9.17, 15) is 0 Å². The smallest absolute Gasteiger partial charge is 0.233 e. The Morgan fingerprint density at radius 2 is 1.00 bits per heavy atom. The second-order valence-electron chi connectivity index (χ2n) is 13.7. The van der Waals surface area contributed by atoms with Crippen LogP contribution in [0.5, 0.6) is 0 Å². The molecule has 1 unspecified atom stereocenters. The molecular formula is C44H63N2+. The maximum Gasteiger partial charge on any atom is 0.266 e. The Morgan fingerprint density at radius 1 is 0.543 bits per heavy atom. The van der Waals surface area contributed by atoms with Gasteiger partial charge in [0, 0.05) is 6.42 Å². The fraction of sp³-hybridized carbons (Fsp3) is 0.523. The predicted octanol–water partition coefficient (Wildman–Crippen LogP) is 12.4. The monoisotopic (exact) mass is 619 g/mol. The van der Waals surface area contributed by atoms with Crippen molar-refractivity contribution in [2.24, 2.45) is 0 Å². The van der Waals surface area contributed by atoms with Crippen molar-refractivity contribution in [2.45, 2.75) is 148 Å². The Hall–Kier alpha value is -3.13. The maximum absolute atomic E-state index is 2.58. The van der Waals surface area contributed by atoms with E-state index in [1.165, 1.54) is 137 Å². The molecular weight excluding hydrogens is 556 g/mol. The van der Waals surface area contributed by atoms with Crippen molar-refractivity contribution >= 4 is 0 Å². The third-order valence-electron chi connectivity index (χ3n) is 9.79. The average molecular weight is 620 g/mol. The third-order valence-corrected chi connectivity index (χ3v) is 9.79. The van der Waals surface area contributed by atoms with Gasteiger partial charge in [0.2, 0.25) is 0 Å². The van der Waals surface area contributed by atoms with E-state index in [1.54, 1.807) is 0 Å². The molecule has 0 N–H and O–H groups in total. The van der Waals surface area contributed by atoms with E-state index in [1.807, 2.05) is 0 Å². The molecule has 0 aliphatic rings. The van der Waals surface area contributed by atoms with Crippen molar-refractivity contribution in [3.05, 3.63) is 120 Å². The van der Waals surface area contributed by atoms with Crippen molar-refractivity contribution in [1.29, 1.82) is 0 Å². The van der Waals surface area contributed by atoms with Crippen LogP contribution in [0.4, 0.5) is 0 Å². The molecule has 0 amide bonds. The van der Waals surface area contributed by atoms with Gasteiger partial charge >= 0.3 is 0 Å². The molecule has 0 aliphatic heterocycles. The standard InChI is InChI=1S/C44H63N2/c1-3-4-5-6-7-8-9-10-11-12-13-14-15-16-17-18-28-35-45-38-43(36-39(2)41-31-24-20-25-32-41)46(42-33-26-21-27-34-42)44(45)37-40-29-22-19-23-30-40/h19-27,29-34,38-39H,3-18,28,35-37H2,1-2H3/q+1. The van der Waals surface area contributed by atoms with Gasteiger partial charge in [-0.1, -0.05) is 189 Å². The molecule has 46 heavy (non-hydrogen) atoms. The molecule has 2 nitrogen and oxygen atoms in total. The molecule has 1 aromatic heterocycles. The first kappa shape index (κ1) is 35.7. The summed E-state index contributed by atoms with van der Waals surface area (Å²) < 4.78 is 5.14. The minimum Gasteiger partial charge on any atom is -0.233 e. The normalized spacial score (nSPS) is 12.0. The van der Waals surface area contributed by atoms with E-state index < -0.39 is 0 Å². The number of hydrogen-bond acceptors (Lipinski definition) is 0. The maximum atomic E-state index is 2.58. The van der Waals surface area contributed by atoms with E-state index in [0.717, 1.165) is 19.4 Å². The van der Waals surface area contributed by atoms with Crippen molar-refractivity contribution in [2.75, 3.05) is 0 Å². The third kappa shape index (κ3) is 12.6. The number of nitrogens with zero attached hydrogens (tertiary/aromatic N) is 2. The highest BCUT2D eigenvalue weighted by molar-refractivity contribution is 5.36. The van der Waals surface area contributed by atoms with Crippen LogP contribution in [0.15, 0.2) is 97.2 Å². The van der Waals surface area contributed by atoms with Gasteiger partial charge in [0.05, 0.1) is 13.0 Å². The van der Waals surface area contributed by atoms with E-state index in [-0.39, 0.29) is 0 Å². The van der Waals surface area contributed by atoms with Crippen molar-refractivity contribution in [3.63, 3.8) is 0 Å². The molecule has 0 spiro atoms. The van der Waals surface area contributed by atoms with Crippen LogP contribution >= 0.6 is 0 Å². The Labute approximate surface area is 282 Å². The number of aryl methyl sites for hydroxylation is 1. The Kier molecular flexibility index (Phi) is 16.8. The molecule has 0 bridgehead atoms. The summed E-state index contributed by atoms with van der Waals surface area (Å²) in [6.45, 7) is 5.76. The van der Waals surface area contributed by atoms with Crippen LogP contribution in [-0.2, 0) is 19.4 Å². The first-order valence-electron chi connectivity index (χ1n) is 19.0. The molecule has 0 fully saturated rings. The lowest BCUT2D eigenvalue weighted by Crippen LogP contribution is -2.37. The molecule has 0 aliphatic carbocycles. The highest BCUT2D eigenvalue weighted by atomic mass is 15.2. The fourth-order valence-corrected chi connectivity index (χ4v) is 7.02. The minimum absolute atomic E-state index is 0.455. The van der Waals surface area contributed by atoms with Crippen molar-refractivity contribution < 1.29 is 4.57 Å². The number of aromatic nitrogens is 2. The molecule has 2 heteroatoms. The number of benzene rings is 3. The largest absolute Gasteiger partial charge is 0.266 e. The van der Waals surface area contributed by atoms with E-state index in [0.29, 0.717) is 5.92 Å². The van der Waals surface area contributed by atoms with Gasteiger partial charge in [-0.2, -0.15) is 4.57 Å². The lowest BCUT2D eigenvalue weighted by atomic mass is 9.96. The summed E-state index contributed by atoms with van der Waals surface area (Å²) in [5.74, 6) is 1.85. The molecule has 0 saturated carbocycles. The second kappa shape index (κ2) is 21.6. The van der Waals surface area contributed by atoms with Gasteiger partial charge in [-0.05, 0) is 42.0 Å². The van der Waals surface area contributed by atoms with Crippen LogP contribution < -0.4 is 4.57 Å². The lowest BCUT2D eigenvalue weighted by Gasteiger charge is -2.11. The number of hydrogen-bond donors (Lipinski definition) is 0. The SMILES string of the molecule is CCCCCCCCCCCCCCCCCCC[n+]1cc(CC(C)c2ccccc2)n(-c2ccccc2)c1Cc1ccccc1. The molecule has 1 heterocycles. The molecule has 0 saturated heterocycles. The summed E-state index contributed by atoms with van der Waals surface area (Å²) in [6.07, 6.45) is 28.4. The quantitative estimate of drug-likeness (QED) is 0.0545. The van der Waals surface area contributed by atoms with Crippen LogP contribution in [0.3, 0.4) is 0 Å². The Balaban J connectivity index is 1.27. The van der Waals surface area contributed by atoms with Gasteiger partial charge < -0.3 is 0 Å². The molecule has 3 aromatic carbocycles. The van der Waals surface area contributed by atoms with Crippen LogP contribution in [0.1, 0.15) is 152 Å². The van der Waals surface area contributed by atoms with Crippen LogP contribution in [0, 0.1) is 0 Å². The van der Waals surface area contributed by atoms with Gasteiger partial charge in [0.15, 0.2) is 0 Å². The van der Waals surface area contributed by atoms with Crippen LogP contribution in [-0.4, -0.2) is 4.57 Å². The number of rotatable bonds is 24. The van der Waals surface area contributed by atoms with Gasteiger partial charge in [-0.3, -0.25) is 0 Å². The number of imidazole rings is 1. The Morgan fingerprint density at radius 3 is 1.52 bits per heavy atom. The van der Waals surface area contributed by atoms with Crippen molar-refractivity contribution in [1.82, 2.24) is 4.57 Å².